The lowest BCUT2D eigenvalue weighted by Crippen LogP contribution is -2.37. The summed E-state index contributed by atoms with van der Waals surface area (Å²) in [5.41, 5.74) is 2.54. The molecule has 5 nitrogen and oxygen atoms in total. The quantitative estimate of drug-likeness (QED) is 0.732. The fourth-order valence-corrected chi connectivity index (χ4v) is 2.22. The third-order valence-corrected chi connectivity index (χ3v) is 3.52. The first-order valence-electron chi connectivity index (χ1n) is 7.39. The zero-order valence-electron chi connectivity index (χ0n) is 12.6. The van der Waals surface area contributed by atoms with Crippen LogP contribution in [0.3, 0.4) is 0 Å². The third-order valence-electron chi connectivity index (χ3n) is 3.52. The van der Waals surface area contributed by atoms with Crippen molar-refractivity contribution in [2.45, 2.75) is 18.9 Å². The second-order valence-electron chi connectivity index (χ2n) is 5.23. The Balaban J connectivity index is 2.01. The highest BCUT2D eigenvalue weighted by Gasteiger charge is 2.14. The molecule has 0 aliphatic heterocycles. The molecular formula is C18H19NO4. The average molecular weight is 313 g/mol. The molecule has 1 atom stereocenters. The Morgan fingerprint density at radius 2 is 1.57 bits per heavy atom. The number of hydrogen-bond acceptors (Lipinski definition) is 3. The van der Waals surface area contributed by atoms with Gasteiger partial charge in [-0.05, 0) is 29.7 Å². The van der Waals surface area contributed by atoms with E-state index in [1.54, 1.807) is 12.1 Å². The molecule has 2 aromatic carbocycles. The number of aliphatic hydroxyl groups is 1. The number of hydrogen-bond donors (Lipinski definition) is 3. The molecule has 0 fully saturated rings. The van der Waals surface area contributed by atoms with Gasteiger partial charge in [0.2, 0.25) is 0 Å². The SMILES string of the molecule is O=C(O)CCC(CO)NC(=O)c1ccc(-c2ccccc2)cc1. The molecule has 0 spiro atoms. The largest absolute Gasteiger partial charge is 0.481 e. The fourth-order valence-electron chi connectivity index (χ4n) is 2.22. The molecule has 0 bridgehead atoms. The van der Waals surface area contributed by atoms with Crippen LogP contribution in [0.2, 0.25) is 0 Å². The van der Waals surface area contributed by atoms with Crippen LogP contribution in [0.1, 0.15) is 23.2 Å². The smallest absolute Gasteiger partial charge is 0.303 e. The number of carboxylic acids is 1. The van der Waals surface area contributed by atoms with E-state index in [0.717, 1.165) is 11.1 Å². The molecule has 2 rings (SSSR count). The lowest BCUT2D eigenvalue weighted by Gasteiger charge is -2.15. The molecule has 0 aliphatic rings. The van der Waals surface area contributed by atoms with Crippen LogP contribution in [0.15, 0.2) is 54.6 Å². The Labute approximate surface area is 134 Å². The summed E-state index contributed by atoms with van der Waals surface area (Å²) in [6.07, 6.45) is 0.0954. The third kappa shape index (κ3) is 4.93. The van der Waals surface area contributed by atoms with E-state index < -0.39 is 12.0 Å². The van der Waals surface area contributed by atoms with Crippen LogP contribution >= 0.6 is 0 Å². The van der Waals surface area contributed by atoms with Crippen LogP contribution in [-0.2, 0) is 4.79 Å². The molecule has 2 aromatic rings. The summed E-state index contributed by atoms with van der Waals surface area (Å²) >= 11 is 0. The number of aliphatic carboxylic acids is 1. The standard InChI is InChI=1S/C18H19NO4/c20-12-16(10-11-17(21)22)19-18(23)15-8-6-14(7-9-15)13-4-2-1-3-5-13/h1-9,16,20H,10-12H2,(H,19,23)(H,21,22). The van der Waals surface area contributed by atoms with Crippen molar-refractivity contribution in [3.63, 3.8) is 0 Å². The van der Waals surface area contributed by atoms with Crippen molar-refractivity contribution in [3.05, 3.63) is 60.2 Å². The number of aliphatic hydroxyl groups excluding tert-OH is 1. The van der Waals surface area contributed by atoms with Crippen molar-refractivity contribution in [2.75, 3.05) is 6.61 Å². The van der Waals surface area contributed by atoms with Crippen LogP contribution < -0.4 is 5.32 Å². The van der Waals surface area contributed by atoms with Crippen molar-refractivity contribution in [1.29, 1.82) is 0 Å². The minimum Gasteiger partial charge on any atom is -0.481 e. The summed E-state index contributed by atoms with van der Waals surface area (Å²) in [4.78, 5) is 22.7. The summed E-state index contributed by atoms with van der Waals surface area (Å²) < 4.78 is 0. The normalized spacial score (nSPS) is 11.7. The highest BCUT2D eigenvalue weighted by Crippen LogP contribution is 2.19. The van der Waals surface area contributed by atoms with Crippen LogP contribution in [-0.4, -0.2) is 34.7 Å². The van der Waals surface area contributed by atoms with Crippen LogP contribution in [0.5, 0.6) is 0 Å². The molecule has 5 heteroatoms. The number of nitrogens with one attached hydrogen (secondary N) is 1. The molecule has 0 saturated carbocycles. The first-order chi connectivity index (χ1) is 11.1. The van der Waals surface area contributed by atoms with Crippen LogP contribution in [0, 0.1) is 0 Å². The van der Waals surface area contributed by atoms with Gasteiger partial charge in [0.15, 0.2) is 0 Å². The van der Waals surface area contributed by atoms with E-state index in [0.29, 0.717) is 5.56 Å². The molecule has 3 N–H and O–H groups in total. The number of carboxylic acid groups (broad SMARTS) is 1. The molecule has 1 amide bonds. The van der Waals surface area contributed by atoms with Crippen molar-refractivity contribution >= 4 is 11.9 Å². The molecule has 0 radical (unpaired) electrons. The van der Waals surface area contributed by atoms with E-state index in [9.17, 15) is 14.7 Å². The van der Waals surface area contributed by atoms with Gasteiger partial charge in [0.25, 0.3) is 5.91 Å². The zero-order chi connectivity index (χ0) is 16.7. The molecule has 0 aliphatic carbocycles. The van der Waals surface area contributed by atoms with Crippen LogP contribution in [0.4, 0.5) is 0 Å². The van der Waals surface area contributed by atoms with Crippen molar-refractivity contribution in [3.8, 4) is 11.1 Å². The first kappa shape index (κ1) is 16.7. The van der Waals surface area contributed by atoms with E-state index in [1.807, 2.05) is 42.5 Å². The van der Waals surface area contributed by atoms with Gasteiger partial charge in [-0.3, -0.25) is 9.59 Å². The Morgan fingerprint density at radius 3 is 2.13 bits per heavy atom. The summed E-state index contributed by atoms with van der Waals surface area (Å²) in [6.45, 7) is -0.291. The number of rotatable bonds is 7. The van der Waals surface area contributed by atoms with Crippen LogP contribution in [0.25, 0.3) is 11.1 Å². The predicted molar refractivity (Wildman–Crippen MR) is 87.1 cm³/mol. The van der Waals surface area contributed by atoms with Gasteiger partial charge < -0.3 is 15.5 Å². The molecule has 0 aromatic heterocycles. The number of carbonyl (C=O) groups excluding carboxylic acids is 1. The number of benzene rings is 2. The summed E-state index contributed by atoms with van der Waals surface area (Å²) in [7, 11) is 0. The lowest BCUT2D eigenvalue weighted by atomic mass is 10.0. The molecular weight excluding hydrogens is 294 g/mol. The van der Waals surface area contributed by atoms with Gasteiger partial charge in [0.1, 0.15) is 0 Å². The van der Waals surface area contributed by atoms with Gasteiger partial charge in [0.05, 0.1) is 12.6 Å². The van der Waals surface area contributed by atoms with Gasteiger partial charge in [-0.1, -0.05) is 42.5 Å². The monoisotopic (exact) mass is 313 g/mol. The van der Waals surface area contributed by atoms with Gasteiger partial charge in [-0.2, -0.15) is 0 Å². The lowest BCUT2D eigenvalue weighted by molar-refractivity contribution is -0.137. The van der Waals surface area contributed by atoms with E-state index in [2.05, 4.69) is 5.32 Å². The Bertz CT molecular complexity index is 652. The molecule has 0 heterocycles. The maximum Gasteiger partial charge on any atom is 0.303 e. The maximum atomic E-state index is 12.1. The van der Waals surface area contributed by atoms with E-state index in [1.165, 1.54) is 0 Å². The second kappa shape index (κ2) is 8.10. The molecule has 120 valence electrons. The topological polar surface area (TPSA) is 86.6 Å². The summed E-state index contributed by atoms with van der Waals surface area (Å²) in [5.74, 6) is -1.28. The molecule has 1 unspecified atom stereocenters. The highest BCUT2D eigenvalue weighted by atomic mass is 16.4. The minimum absolute atomic E-state index is 0.0988. The van der Waals surface area contributed by atoms with E-state index in [-0.39, 0.29) is 25.4 Å². The van der Waals surface area contributed by atoms with E-state index in [4.69, 9.17) is 5.11 Å². The molecule has 23 heavy (non-hydrogen) atoms. The second-order valence-corrected chi connectivity index (χ2v) is 5.23. The Morgan fingerprint density at radius 1 is 0.957 bits per heavy atom. The summed E-state index contributed by atoms with van der Waals surface area (Å²) in [6, 6.07) is 16.4. The Hall–Kier alpha value is -2.66. The van der Waals surface area contributed by atoms with Crippen molar-refractivity contribution in [1.82, 2.24) is 5.32 Å². The van der Waals surface area contributed by atoms with Gasteiger partial charge in [-0.15, -0.1) is 0 Å². The minimum atomic E-state index is -0.954. The first-order valence-corrected chi connectivity index (χ1v) is 7.39. The zero-order valence-corrected chi connectivity index (χ0v) is 12.6. The van der Waals surface area contributed by atoms with Gasteiger partial charge >= 0.3 is 5.97 Å². The fraction of sp³-hybridized carbons (Fsp3) is 0.222. The average Bonchev–Trinajstić information content (AvgIpc) is 2.59. The van der Waals surface area contributed by atoms with Crippen molar-refractivity contribution in [2.24, 2.45) is 0 Å². The number of amides is 1. The molecule has 0 saturated heterocycles. The van der Waals surface area contributed by atoms with E-state index >= 15 is 0 Å². The van der Waals surface area contributed by atoms with Gasteiger partial charge in [-0.25, -0.2) is 0 Å². The summed E-state index contributed by atoms with van der Waals surface area (Å²) in [5, 5.41) is 20.5. The van der Waals surface area contributed by atoms with Gasteiger partial charge in [0, 0.05) is 12.0 Å². The predicted octanol–water partition coefficient (Wildman–Crippen LogP) is 2.31. The Kier molecular flexibility index (Phi) is 5.88. The highest BCUT2D eigenvalue weighted by molar-refractivity contribution is 5.94. The maximum absolute atomic E-state index is 12.1. The van der Waals surface area contributed by atoms with Crippen molar-refractivity contribution < 1.29 is 19.8 Å². The number of carbonyl (C=O) groups is 2.